The second-order valence-corrected chi connectivity index (χ2v) is 7.43. The molecule has 154 valence electrons. The molecule has 0 spiro atoms. The maximum Gasteiger partial charge on any atom is 1.00 e. The first-order chi connectivity index (χ1) is 14.1. The minimum atomic E-state index is -4.94. The van der Waals surface area contributed by atoms with Crippen LogP contribution in [-0.4, -0.2) is 17.9 Å². The van der Waals surface area contributed by atoms with Gasteiger partial charge in [0.05, 0.1) is 26.9 Å². The first kappa shape index (κ1) is 24.2. The Morgan fingerprint density at radius 1 is 0.935 bits per heavy atom. The number of azo groups is 1. The number of nitrogens with zero attached hydrogens (tertiary/aromatic N) is 3. The van der Waals surface area contributed by atoms with Gasteiger partial charge in [-0.15, -0.1) is 5.11 Å². The van der Waals surface area contributed by atoms with Crippen molar-refractivity contribution < 1.29 is 47.5 Å². The SMILES string of the molecule is Nc1ccc(N=Nc2ccc(Nc3ccc([N+](=O)[O-])cc3S(=O)(=O)[O-])cc2)c(N)c1.[Na+]. The summed E-state index contributed by atoms with van der Waals surface area (Å²) in [7, 11) is -4.94. The third kappa shape index (κ3) is 6.23. The molecule has 0 saturated carbocycles. The van der Waals surface area contributed by atoms with Gasteiger partial charge in [0.2, 0.25) is 0 Å². The summed E-state index contributed by atoms with van der Waals surface area (Å²) >= 11 is 0. The van der Waals surface area contributed by atoms with Gasteiger partial charge in [-0.1, -0.05) is 0 Å². The topological polar surface area (TPSA) is 189 Å². The number of benzene rings is 3. The summed E-state index contributed by atoms with van der Waals surface area (Å²) in [6.07, 6.45) is 0. The maximum absolute atomic E-state index is 11.5. The van der Waals surface area contributed by atoms with Crippen LogP contribution in [0, 0.1) is 10.1 Å². The molecule has 11 nitrogen and oxygen atoms in total. The maximum atomic E-state index is 11.5. The van der Waals surface area contributed by atoms with Crippen molar-refractivity contribution in [1.29, 1.82) is 0 Å². The van der Waals surface area contributed by atoms with E-state index >= 15 is 0 Å². The molecule has 3 aromatic rings. The molecule has 0 unspecified atom stereocenters. The molecule has 0 saturated heterocycles. The van der Waals surface area contributed by atoms with Gasteiger partial charge in [-0.2, -0.15) is 5.11 Å². The predicted molar refractivity (Wildman–Crippen MR) is 110 cm³/mol. The molecule has 0 atom stereocenters. The van der Waals surface area contributed by atoms with Gasteiger partial charge in [0, 0.05) is 23.5 Å². The first-order valence-corrected chi connectivity index (χ1v) is 9.72. The quantitative estimate of drug-likeness (QED) is 0.123. The van der Waals surface area contributed by atoms with Crippen LogP contribution in [0.3, 0.4) is 0 Å². The van der Waals surface area contributed by atoms with Crippen molar-refractivity contribution in [3.8, 4) is 0 Å². The van der Waals surface area contributed by atoms with Crippen molar-refractivity contribution in [2.24, 2.45) is 10.2 Å². The van der Waals surface area contributed by atoms with Gasteiger partial charge in [-0.3, -0.25) is 10.1 Å². The van der Waals surface area contributed by atoms with Crippen LogP contribution in [0.2, 0.25) is 0 Å². The van der Waals surface area contributed by atoms with Crippen LogP contribution in [0.25, 0.3) is 0 Å². The van der Waals surface area contributed by atoms with Crippen LogP contribution in [0.15, 0.2) is 75.8 Å². The third-order valence-corrected chi connectivity index (χ3v) is 4.79. The zero-order valence-corrected chi connectivity index (χ0v) is 19.0. The van der Waals surface area contributed by atoms with E-state index in [-0.39, 0.29) is 35.2 Å². The van der Waals surface area contributed by atoms with Gasteiger partial charge >= 0.3 is 29.6 Å². The second-order valence-electron chi connectivity index (χ2n) is 6.08. The molecule has 31 heavy (non-hydrogen) atoms. The summed E-state index contributed by atoms with van der Waals surface area (Å²) in [4.78, 5) is 9.34. The smallest absolute Gasteiger partial charge is 0.744 e. The number of nitrogens with two attached hydrogens (primary N) is 2. The Bertz CT molecular complexity index is 1250. The van der Waals surface area contributed by atoms with E-state index < -0.39 is 25.6 Å². The largest absolute Gasteiger partial charge is 1.00 e. The van der Waals surface area contributed by atoms with Crippen LogP contribution < -0.4 is 46.3 Å². The average molecular weight is 450 g/mol. The predicted octanol–water partition coefficient (Wildman–Crippen LogP) is 0.826. The van der Waals surface area contributed by atoms with E-state index in [2.05, 4.69) is 15.5 Å². The molecule has 0 heterocycles. The summed E-state index contributed by atoms with van der Waals surface area (Å²) in [5.74, 6) is 0. The Balaban J connectivity index is 0.00000341. The summed E-state index contributed by atoms with van der Waals surface area (Å²) in [5, 5.41) is 21.7. The molecule has 5 N–H and O–H groups in total. The molecule has 0 fully saturated rings. The van der Waals surface area contributed by atoms with Crippen molar-refractivity contribution in [3.05, 3.63) is 70.8 Å². The second kappa shape index (κ2) is 9.85. The Labute approximate surface area is 199 Å². The number of hydrogen-bond donors (Lipinski definition) is 3. The van der Waals surface area contributed by atoms with Gasteiger partial charge in [0.25, 0.3) is 5.69 Å². The molecular weight excluding hydrogens is 435 g/mol. The monoisotopic (exact) mass is 450 g/mol. The average Bonchev–Trinajstić information content (AvgIpc) is 2.68. The van der Waals surface area contributed by atoms with Crippen LogP contribution >= 0.6 is 0 Å². The Morgan fingerprint density at radius 3 is 2.19 bits per heavy atom. The molecule has 0 aliphatic rings. The first-order valence-electron chi connectivity index (χ1n) is 8.31. The fraction of sp³-hybridized carbons (Fsp3) is 0. The van der Waals surface area contributed by atoms with E-state index in [9.17, 15) is 23.1 Å². The number of anilines is 4. The summed E-state index contributed by atoms with van der Waals surface area (Å²) in [6.45, 7) is 0. The fourth-order valence-corrected chi connectivity index (χ4v) is 3.13. The number of nitro groups is 1. The number of nitro benzene ring substituents is 1. The van der Waals surface area contributed by atoms with Crippen molar-refractivity contribution in [2.75, 3.05) is 16.8 Å². The van der Waals surface area contributed by atoms with Crippen molar-refractivity contribution in [3.63, 3.8) is 0 Å². The zero-order chi connectivity index (χ0) is 21.9. The molecule has 0 aromatic heterocycles. The fourth-order valence-electron chi connectivity index (χ4n) is 2.48. The Hall–Kier alpha value is -3.03. The van der Waals surface area contributed by atoms with E-state index in [0.29, 0.717) is 34.5 Å². The molecule has 0 aliphatic carbocycles. The van der Waals surface area contributed by atoms with E-state index in [0.717, 1.165) is 12.1 Å². The van der Waals surface area contributed by atoms with E-state index in [1.807, 2.05) is 0 Å². The molecule has 0 amide bonds. The van der Waals surface area contributed by atoms with Gasteiger partial charge in [-0.25, -0.2) is 8.42 Å². The standard InChI is InChI=1S/C18H16N6O5S.Na/c19-11-1-7-16(15(20)9-11)23-22-13-4-2-12(3-5-13)21-17-8-6-14(24(25)26)10-18(17)30(27,28)29;/h1-10,21H,19-20H2,(H,27,28,29);/q;+1/p-1. The van der Waals surface area contributed by atoms with Gasteiger partial charge in [0.15, 0.2) is 0 Å². The number of non-ortho nitro benzene ring substituents is 1. The van der Waals surface area contributed by atoms with Crippen molar-refractivity contribution in [2.45, 2.75) is 4.90 Å². The van der Waals surface area contributed by atoms with Gasteiger partial charge < -0.3 is 21.3 Å². The van der Waals surface area contributed by atoms with Crippen molar-refractivity contribution >= 4 is 49.9 Å². The molecule has 0 radical (unpaired) electrons. The molecule has 13 heteroatoms. The van der Waals surface area contributed by atoms with Crippen LogP contribution in [-0.2, 0) is 10.1 Å². The number of rotatable bonds is 6. The third-order valence-electron chi connectivity index (χ3n) is 3.92. The van der Waals surface area contributed by atoms with Crippen LogP contribution in [0.1, 0.15) is 0 Å². The summed E-state index contributed by atoms with van der Waals surface area (Å²) in [6, 6.07) is 14.1. The van der Waals surface area contributed by atoms with Crippen molar-refractivity contribution in [1.82, 2.24) is 0 Å². The molecule has 0 bridgehead atoms. The molecular formula is C18H15N6NaO5S. The molecule has 0 aliphatic heterocycles. The zero-order valence-electron chi connectivity index (χ0n) is 16.2. The Kier molecular flexibility index (Phi) is 7.70. The summed E-state index contributed by atoms with van der Waals surface area (Å²) < 4.78 is 34.4. The van der Waals surface area contributed by atoms with E-state index in [1.165, 1.54) is 0 Å². The van der Waals surface area contributed by atoms with Crippen LogP contribution in [0.4, 0.5) is 39.8 Å². The number of hydrogen-bond acceptors (Lipinski definition) is 10. The normalized spacial score (nSPS) is 11.1. The Morgan fingerprint density at radius 2 is 1.61 bits per heavy atom. The summed E-state index contributed by atoms with van der Waals surface area (Å²) in [5.41, 5.74) is 13.1. The van der Waals surface area contributed by atoms with E-state index in [4.69, 9.17) is 11.5 Å². The minimum Gasteiger partial charge on any atom is -0.744 e. The molecule has 3 rings (SSSR count). The number of nitrogens with one attached hydrogen (secondary N) is 1. The minimum absolute atomic E-state index is 0. The van der Waals surface area contributed by atoms with Gasteiger partial charge in [0.1, 0.15) is 15.8 Å². The number of nitrogen functional groups attached to an aromatic ring is 2. The van der Waals surface area contributed by atoms with Gasteiger partial charge in [-0.05, 0) is 48.5 Å². The van der Waals surface area contributed by atoms with Crippen LogP contribution in [0.5, 0.6) is 0 Å². The van der Waals surface area contributed by atoms with E-state index in [1.54, 1.807) is 42.5 Å². The molecule has 3 aromatic carbocycles.